The Labute approximate surface area is 148 Å². The molecule has 0 radical (unpaired) electrons. The summed E-state index contributed by atoms with van der Waals surface area (Å²) >= 11 is 1.20. The molecule has 1 N–H and O–H groups in total. The van der Waals surface area contributed by atoms with Crippen molar-refractivity contribution in [3.05, 3.63) is 18.2 Å². The molecule has 1 aromatic heterocycles. The van der Waals surface area contributed by atoms with E-state index in [1.807, 2.05) is 6.07 Å². The molecule has 1 amide bonds. The van der Waals surface area contributed by atoms with Gasteiger partial charge in [-0.05, 0) is 31.0 Å². The van der Waals surface area contributed by atoms with Crippen molar-refractivity contribution in [2.75, 3.05) is 25.7 Å². The van der Waals surface area contributed by atoms with Gasteiger partial charge in [0.1, 0.15) is 0 Å². The summed E-state index contributed by atoms with van der Waals surface area (Å²) < 4.78 is 21.7. The van der Waals surface area contributed by atoms with Crippen LogP contribution in [0.1, 0.15) is 12.8 Å². The van der Waals surface area contributed by atoms with Gasteiger partial charge in [-0.2, -0.15) is 0 Å². The first-order chi connectivity index (χ1) is 12.3. The monoisotopic (exact) mass is 363 g/mol. The van der Waals surface area contributed by atoms with Gasteiger partial charge >= 0.3 is 0 Å². The molecule has 9 heteroatoms. The molecular formula is C16H17N3O5S. The minimum Gasteiger partial charge on any atom is -0.454 e. The molecular weight excluding hydrogens is 346 g/mol. The van der Waals surface area contributed by atoms with Gasteiger partial charge in [-0.25, -0.2) is 0 Å². The number of aromatic nitrogens is 2. The van der Waals surface area contributed by atoms with E-state index in [4.69, 9.17) is 18.6 Å². The molecule has 1 aromatic carbocycles. The van der Waals surface area contributed by atoms with Gasteiger partial charge < -0.3 is 23.9 Å². The first-order valence-corrected chi connectivity index (χ1v) is 9.01. The van der Waals surface area contributed by atoms with Crippen molar-refractivity contribution in [2.45, 2.75) is 24.2 Å². The number of nitrogens with zero attached hydrogens (tertiary/aromatic N) is 2. The van der Waals surface area contributed by atoms with E-state index in [1.54, 1.807) is 12.1 Å². The molecule has 0 aliphatic carbocycles. The number of fused-ring (bicyclic) bond motifs is 1. The Hall–Kier alpha value is -2.26. The van der Waals surface area contributed by atoms with Gasteiger partial charge in [0.05, 0.1) is 11.9 Å². The Kier molecular flexibility index (Phi) is 4.75. The quantitative estimate of drug-likeness (QED) is 0.777. The molecule has 0 spiro atoms. The van der Waals surface area contributed by atoms with Crippen LogP contribution < -0.4 is 14.8 Å². The summed E-state index contributed by atoms with van der Waals surface area (Å²) in [6, 6.07) is 5.41. The summed E-state index contributed by atoms with van der Waals surface area (Å²) in [5.41, 5.74) is 0.742. The summed E-state index contributed by atoms with van der Waals surface area (Å²) in [6.07, 6.45) is 2.19. The van der Waals surface area contributed by atoms with Crippen LogP contribution in [0.2, 0.25) is 0 Å². The van der Waals surface area contributed by atoms with Crippen LogP contribution in [0.5, 0.6) is 11.5 Å². The second kappa shape index (κ2) is 7.32. The normalized spacial score (nSPS) is 18.5. The Morgan fingerprint density at radius 1 is 1.28 bits per heavy atom. The van der Waals surface area contributed by atoms with E-state index in [0.29, 0.717) is 29.2 Å². The predicted molar refractivity (Wildman–Crippen MR) is 88.6 cm³/mol. The number of carbonyl (C=O) groups excluding carboxylic acids is 1. The maximum atomic E-state index is 11.9. The van der Waals surface area contributed by atoms with E-state index in [1.165, 1.54) is 11.8 Å². The first-order valence-electron chi connectivity index (χ1n) is 8.02. The highest BCUT2D eigenvalue weighted by Gasteiger charge is 2.18. The van der Waals surface area contributed by atoms with Crippen LogP contribution in [-0.2, 0) is 9.53 Å². The Morgan fingerprint density at radius 2 is 2.20 bits per heavy atom. The zero-order chi connectivity index (χ0) is 17.1. The molecule has 0 saturated carbocycles. The molecule has 2 aliphatic rings. The lowest BCUT2D eigenvalue weighted by Crippen LogP contribution is -2.32. The van der Waals surface area contributed by atoms with Gasteiger partial charge in [0, 0.05) is 18.7 Å². The molecule has 8 nitrogen and oxygen atoms in total. The lowest BCUT2D eigenvalue weighted by Gasteiger charge is -2.09. The second-order valence-electron chi connectivity index (χ2n) is 5.67. The average molecular weight is 363 g/mol. The molecule has 4 rings (SSSR count). The van der Waals surface area contributed by atoms with Gasteiger partial charge in [-0.15, -0.1) is 10.2 Å². The second-order valence-corrected chi connectivity index (χ2v) is 6.60. The molecule has 2 aliphatic heterocycles. The largest absolute Gasteiger partial charge is 0.454 e. The maximum absolute atomic E-state index is 11.9. The fourth-order valence-corrected chi connectivity index (χ4v) is 3.22. The molecule has 2 aromatic rings. The fourth-order valence-electron chi connectivity index (χ4n) is 2.63. The van der Waals surface area contributed by atoms with Crippen molar-refractivity contribution in [3.8, 4) is 23.0 Å². The third kappa shape index (κ3) is 3.88. The summed E-state index contributed by atoms with van der Waals surface area (Å²) in [7, 11) is 0. The highest BCUT2D eigenvalue weighted by molar-refractivity contribution is 7.99. The van der Waals surface area contributed by atoms with Gasteiger partial charge in [-0.3, -0.25) is 4.79 Å². The fraction of sp³-hybridized carbons (Fsp3) is 0.438. The van der Waals surface area contributed by atoms with E-state index in [-0.39, 0.29) is 24.6 Å². The highest BCUT2D eigenvalue weighted by atomic mass is 32.2. The van der Waals surface area contributed by atoms with Crippen molar-refractivity contribution < 1.29 is 23.4 Å². The molecule has 0 bridgehead atoms. The molecule has 3 heterocycles. The van der Waals surface area contributed by atoms with Gasteiger partial charge in [0.15, 0.2) is 11.5 Å². The number of hydrogen-bond donors (Lipinski definition) is 1. The van der Waals surface area contributed by atoms with Crippen molar-refractivity contribution in [1.29, 1.82) is 0 Å². The third-order valence-corrected chi connectivity index (χ3v) is 4.72. The van der Waals surface area contributed by atoms with Crippen molar-refractivity contribution >= 4 is 17.7 Å². The van der Waals surface area contributed by atoms with Crippen LogP contribution in [-0.4, -0.2) is 47.9 Å². The first kappa shape index (κ1) is 16.2. The van der Waals surface area contributed by atoms with E-state index in [9.17, 15) is 4.79 Å². The Balaban J connectivity index is 1.30. The molecule has 25 heavy (non-hydrogen) atoms. The van der Waals surface area contributed by atoms with E-state index in [2.05, 4.69) is 15.5 Å². The van der Waals surface area contributed by atoms with Crippen LogP contribution in [0.4, 0.5) is 0 Å². The highest BCUT2D eigenvalue weighted by Crippen LogP contribution is 2.35. The predicted octanol–water partition coefficient (Wildman–Crippen LogP) is 1.85. The van der Waals surface area contributed by atoms with Crippen LogP contribution in [0, 0.1) is 0 Å². The molecule has 1 saturated heterocycles. The lowest BCUT2D eigenvalue weighted by molar-refractivity contribution is -0.119. The summed E-state index contributed by atoms with van der Waals surface area (Å²) in [5, 5.41) is 11.2. The standard InChI is InChI=1S/C16H17N3O5S/c20-14(17-7-11-2-1-5-21-11)8-25-16-19-18-15(24-16)10-3-4-12-13(6-10)23-9-22-12/h3-4,6,11H,1-2,5,7-9H2,(H,17,20)/t11-/m1/s1. The zero-order valence-electron chi connectivity index (χ0n) is 13.4. The molecule has 1 atom stereocenters. The van der Waals surface area contributed by atoms with E-state index < -0.39 is 0 Å². The van der Waals surface area contributed by atoms with Crippen LogP contribution in [0.15, 0.2) is 27.8 Å². The summed E-state index contributed by atoms with van der Waals surface area (Å²) in [5.74, 6) is 1.86. The smallest absolute Gasteiger partial charge is 0.277 e. The SMILES string of the molecule is O=C(CSc1nnc(-c2ccc3c(c2)OCO3)o1)NC[C@H]1CCCO1. The average Bonchev–Trinajstić information content (AvgIpc) is 3.39. The van der Waals surface area contributed by atoms with Gasteiger partial charge in [0.2, 0.25) is 18.6 Å². The van der Waals surface area contributed by atoms with Gasteiger partial charge in [0.25, 0.3) is 5.22 Å². The minimum atomic E-state index is -0.0803. The van der Waals surface area contributed by atoms with Crippen LogP contribution in [0.3, 0.4) is 0 Å². The topological polar surface area (TPSA) is 95.7 Å². The number of carbonyl (C=O) groups is 1. The Bertz CT molecular complexity index is 760. The summed E-state index contributed by atoms with van der Waals surface area (Å²) in [4.78, 5) is 11.9. The number of amides is 1. The number of ether oxygens (including phenoxy) is 3. The number of hydrogen-bond acceptors (Lipinski definition) is 8. The zero-order valence-corrected chi connectivity index (χ0v) is 14.2. The molecule has 132 valence electrons. The van der Waals surface area contributed by atoms with Crippen molar-refractivity contribution in [1.82, 2.24) is 15.5 Å². The van der Waals surface area contributed by atoms with Gasteiger partial charge in [-0.1, -0.05) is 11.8 Å². The van der Waals surface area contributed by atoms with E-state index in [0.717, 1.165) is 25.0 Å². The number of nitrogens with one attached hydrogen (secondary N) is 1. The number of thioether (sulfide) groups is 1. The molecule has 1 fully saturated rings. The minimum absolute atomic E-state index is 0.0803. The van der Waals surface area contributed by atoms with Crippen molar-refractivity contribution in [2.24, 2.45) is 0 Å². The lowest BCUT2D eigenvalue weighted by atomic mass is 10.2. The van der Waals surface area contributed by atoms with E-state index >= 15 is 0 Å². The van der Waals surface area contributed by atoms with Crippen molar-refractivity contribution in [3.63, 3.8) is 0 Å². The van der Waals surface area contributed by atoms with Crippen LogP contribution in [0.25, 0.3) is 11.5 Å². The maximum Gasteiger partial charge on any atom is 0.277 e. The summed E-state index contributed by atoms with van der Waals surface area (Å²) in [6.45, 7) is 1.54. The molecule has 0 unspecified atom stereocenters. The number of benzene rings is 1. The number of rotatable bonds is 6. The third-order valence-electron chi connectivity index (χ3n) is 3.90. The Morgan fingerprint density at radius 3 is 3.08 bits per heavy atom. The van der Waals surface area contributed by atoms with Crippen LogP contribution >= 0.6 is 11.8 Å².